The maximum absolute atomic E-state index is 13.6. The molecule has 0 aliphatic carbocycles. The summed E-state index contributed by atoms with van der Waals surface area (Å²) < 4.78 is 13.6. The fraction of sp³-hybridized carbons (Fsp3) is 0.200. The summed E-state index contributed by atoms with van der Waals surface area (Å²) in [6, 6.07) is 9.92. The number of halogens is 4. The van der Waals surface area contributed by atoms with Crippen LogP contribution < -0.4 is 5.32 Å². The number of rotatable bonds is 4. The lowest BCUT2D eigenvalue weighted by atomic mass is 9.98. The molecule has 106 valence electrons. The molecular weight excluding hydrogens is 320 g/mol. The summed E-state index contributed by atoms with van der Waals surface area (Å²) >= 11 is 18.2. The van der Waals surface area contributed by atoms with Crippen molar-refractivity contribution in [2.45, 2.75) is 12.5 Å². The minimum absolute atomic E-state index is 0.130. The van der Waals surface area contributed by atoms with Crippen molar-refractivity contribution in [3.05, 3.63) is 68.4 Å². The van der Waals surface area contributed by atoms with Gasteiger partial charge in [-0.3, -0.25) is 0 Å². The molecule has 2 aromatic rings. The normalized spacial score (nSPS) is 12.4. The molecule has 1 unspecified atom stereocenters. The van der Waals surface area contributed by atoms with Crippen molar-refractivity contribution in [2.24, 2.45) is 0 Å². The van der Waals surface area contributed by atoms with E-state index in [1.54, 1.807) is 37.4 Å². The fourth-order valence-electron chi connectivity index (χ4n) is 2.08. The first-order valence-electron chi connectivity index (χ1n) is 6.08. The Kier molecular flexibility index (Phi) is 5.28. The summed E-state index contributed by atoms with van der Waals surface area (Å²) in [6.45, 7) is 0. The molecule has 0 heterocycles. The molecule has 20 heavy (non-hydrogen) atoms. The lowest BCUT2D eigenvalue weighted by Crippen LogP contribution is -2.19. The van der Waals surface area contributed by atoms with Crippen LogP contribution in [0.2, 0.25) is 15.1 Å². The first-order valence-corrected chi connectivity index (χ1v) is 7.21. The predicted molar refractivity (Wildman–Crippen MR) is 83.4 cm³/mol. The summed E-state index contributed by atoms with van der Waals surface area (Å²) in [5, 5.41) is 4.50. The monoisotopic (exact) mass is 331 g/mol. The van der Waals surface area contributed by atoms with Crippen LogP contribution in [0.25, 0.3) is 0 Å². The first-order chi connectivity index (χ1) is 9.52. The molecule has 0 aliphatic heterocycles. The van der Waals surface area contributed by atoms with Crippen LogP contribution >= 0.6 is 34.8 Å². The Balaban J connectivity index is 2.34. The maximum Gasteiger partial charge on any atom is 0.142 e. The highest BCUT2D eigenvalue weighted by Gasteiger charge is 2.17. The van der Waals surface area contributed by atoms with Crippen molar-refractivity contribution in [1.82, 2.24) is 5.32 Å². The van der Waals surface area contributed by atoms with E-state index in [9.17, 15) is 4.39 Å². The van der Waals surface area contributed by atoms with E-state index in [4.69, 9.17) is 34.8 Å². The molecule has 1 atom stereocenters. The summed E-state index contributed by atoms with van der Waals surface area (Å²) in [4.78, 5) is 0. The van der Waals surface area contributed by atoms with Crippen LogP contribution in [0.1, 0.15) is 17.2 Å². The Bertz CT molecular complexity index is 616. The standard InChI is InChI=1S/C15H13Cl3FN/c1-20-14(11-3-2-4-13(19)15(11)18)8-9-7-10(16)5-6-12(9)17/h2-7,14,20H,8H2,1H3. The third-order valence-corrected chi connectivity index (χ3v) is 4.14. The Labute approximate surface area is 132 Å². The Morgan fingerprint density at radius 1 is 1.15 bits per heavy atom. The van der Waals surface area contributed by atoms with Gasteiger partial charge in [0.2, 0.25) is 0 Å². The average molecular weight is 333 g/mol. The summed E-state index contributed by atoms with van der Waals surface area (Å²) in [7, 11) is 1.80. The molecule has 2 aromatic carbocycles. The van der Waals surface area contributed by atoms with Crippen LogP contribution in [0.5, 0.6) is 0 Å². The van der Waals surface area contributed by atoms with Crippen molar-refractivity contribution in [2.75, 3.05) is 7.05 Å². The molecule has 0 saturated carbocycles. The molecule has 0 aromatic heterocycles. The summed E-state index contributed by atoms with van der Waals surface area (Å²) in [6.07, 6.45) is 0.569. The van der Waals surface area contributed by atoms with Crippen LogP contribution in [0.3, 0.4) is 0 Å². The molecule has 5 heteroatoms. The number of benzene rings is 2. The van der Waals surface area contributed by atoms with Crippen LogP contribution in [0.4, 0.5) is 4.39 Å². The van der Waals surface area contributed by atoms with E-state index in [0.29, 0.717) is 22.0 Å². The second kappa shape index (κ2) is 6.77. The van der Waals surface area contributed by atoms with E-state index in [2.05, 4.69) is 5.32 Å². The van der Waals surface area contributed by atoms with E-state index in [1.165, 1.54) is 6.07 Å². The molecule has 0 amide bonds. The van der Waals surface area contributed by atoms with Gasteiger partial charge in [-0.25, -0.2) is 4.39 Å². The second-order valence-corrected chi connectivity index (χ2v) is 5.65. The Morgan fingerprint density at radius 3 is 2.60 bits per heavy atom. The van der Waals surface area contributed by atoms with Gasteiger partial charge in [0, 0.05) is 16.1 Å². The van der Waals surface area contributed by atoms with Crippen molar-refractivity contribution in [3.8, 4) is 0 Å². The van der Waals surface area contributed by atoms with Gasteiger partial charge >= 0.3 is 0 Å². The lowest BCUT2D eigenvalue weighted by molar-refractivity contribution is 0.578. The molecular formula is C15H13Cl3FN. The third-order valence-electron chi connectivity index (χ3n) is 3.14. The Hall–Kier alpha value is -0.800. The van der Waals surface area contributed by atoms with Gasteiger partial charge in [-0.1, -0.05) is 46.9 Å². The number of hydrogen-bond acceptors (Lipinski definition) is 1. The van der Waals surface area contributed by atoms with Gasteiger partial charge in [-0.2, -0.15) is 0 Å². The fourth-order valence-corrected chi connectivity index (χ4v) is 2.72. The zero-order valence-corrected chi connectivity index (χ0v) is 13.0. The van der Waals surface area contributed by atoms with Crippen molar-refractivity contribution < 1.29 is 4.39 Å². The molecule has 0 saturated heterocycles. The molecule has 0 bridgehead atoms. The molecule has 1 N–H and O–H groups in total. The minimum atomic E-state index is -0.429. The van der Waals surface area contributed by atoms with Crippen LogP contribution in [0.15, 0.2) is 36.4 Å². The maximum atomic E-state index is 13.6. The lowest BCUT2D eigenvalue weighted by Gasteiger charge is -2.19. The number of likely N-dealkylation sites (N-methyl/N-ethyl adjacent to an activating group) is 1. The first kappa shape index (κ1) is 15.6. The summed E-state index contributed by atoms with van der Waals surface area (Å²) in [5.74, 6) is -0.429. The van der Waals surface area contributed by atoms with Crippen molar-refractivity contribution in [3.63, 3.8) is 0 Å². The molecule has 1 nitrogen and oxygen atoms in total. The molecule has 2 rings (SSSR count). The van der Waals surface area contributed by atoms with E-state index in [0.717, 1.165) is 5.56 Å². The van der Waals surface area contributed by atoms with Crippen LogP contribution in [-0.2, 0) is 6.42 Å². The highest BCUT2D eigenvalue weighted by molar-refractivity contribution is 6.33. The predicted octanol–water partition coefficient (Wildman–Crippen LogP) is 5.29. The highest BCUT2D eigenvalue weighted by atomic mass is 35.5. The van der Waals surface area contributed by atoms with Crippen LogP contribution in [0, 0.1) is 5.82 Å². The molecule has 0 spiro atoms. The quantitative estimate of drug-likeness (QED) is 0.802. The van der Waals surface area contributed by atoms with Gasteiger partial charge in [0.05, 0.1) is 5.02 Å². The van der Waals surface area contributed by atoms with Gasteiger partial charge < -0.3 is 5.32 Å². The van der Waals surface area contributed by atoms with E-state index >= 15 is 0 Å². The van der Waals surface area contributed by atoms with E-state index < -0.39 is 5.82 Å². The van der Waals surface area contributed by atoms with Crippen molar-refractivity contribution >= 4 is 34.8 Å². The molecule has 0 radical (unpaired) electrons. The largest absolute Gasteiger partial charge is 0.313 e. The van der Waals surface area contributed by atoms with Gasteiger partial charge in [0.15, 0.2) is 0 Å². The van der Waals surface area contributed by atoms with Crippen molar-refractivity contribution in [1.29, 1.82) is 0 Å². The van der Waals surface area contributed by atoms with Gasteiger partial charge in [-0.05, 0) is 48.9 Å². The smallest absolute Gasteiger partial charge is 0.142 e. The van der Waals surface area contributed by atoms with E-state index in [1.807, 2.05) is 0 Å². The van der Waals surface area contributed by atoms with Gasteiger partial charge in [0.25, 0.3) is 0 Å². The number of nitrogens with one attached hydrogen (secondary N) is 1. The zero-order valence-electron chi connectivity index (χ0n) is 10.8. The number of hydrogen-bond donors (Lipinski definition) is 1. The zero-order chi connectivity index (χ0) is 14.7. The van der Waals surface area contributed by atoms with Crippen LogP contribution in [-0.4, -0.2) is 7.05 Å². The second-order valence-electron chi connectivity index (χ2n) is 4.42. The van der Waals surface area contributed by atoms with Gasteiger partial charge in [0.1, 0.15) is 5.82 Å². The average Bonchev–Trinajstić information content (AvgIpc) is 2.43. The SMILES string of the molecule is CNC(Cc1cc(Cl)ccc1Cl)c1cccc(F)c1Cl. The topological polar surface area (TPSA) is 12.0 Å². The third kappa shape index (κ3) is 3.44. The summed E-state index contributed by atoms with van der Waals surface area (Å²) in [5.41, 5.74) is 1.59. The molecule has 0 fully saturated rings. The van der Waals surface area contributed by atoms with E-state index in [-0.39, 0.29) is 11.1 Å². The molecule has 0 aliphatic rings. The minimum Gasteiger partial charge on any atom is -0.313 e. The Morgan fingerprint density at radius 2 is 1.90 bits per heavy atom. The highest BCUT2D eigenvalue weighted by Crippen LogP contribution is 2.30. The van der Waals surface area contributed by atoms with Gasteiger partial charge in [-0.15, -0.1) is 0 Å².